The van der Waals surface area contributed by atoms with Crippen molar-refractivity contribution in [2.75, 3.05) is 14.1 Å². The highest BCUT2D eigenvalue weighted by Gasteiger charge is 2.39. The second-order valence-corrected chi connectivity index (χ2v) is 5.35. The quantitative estimate of drug-likeness (QED) is 0.590. The molecule has 1 heterocycles. The Hall–Kier alpha value is 0.310. The number of nitrogens with zero attached hydrogens (tertiary/aromatic N) is 1. The second-order valence-electron chi connectivity index (χ2n) is 3.66. The normalized spacial score (nSPS) is 41.8. The SMILES string of the molecule is CN(C)P1OC2CCCCC2O1. The molecule has 0 aromatic rings. The van der Waals surface area contributed by atoms with Crippen LogP contribution in [0.4, 0.5) is 0 Å². The molecule has 0 aromatic heterocycles. The summed E-state index contributed by atoms with van der Waals surface area (Å²) < 4.78 is 13.6. The molecule has 1 aliphatic heterocycles. The molecule has 12 heavy (non-hydrogen) atoms. The van der Waals surface area contributed by atoms with E-state index < -0.39 is 8.53 Å². The highest BCUT2D eigenvalue weighted by atomic mass is 31.2. The Morgan fingerprint density at radius 2 is 1.58 bits per heavy atom. The zero-order chi connectivity index (χ0) is 8.55. The first-order chi connectivity index (χ1) is 5.77. The van der Waals surface area contributed by atoms with E-state index in [1.54, 1.807) is 0 Å². The van der Waals surface area contributed by atoms with E-state index in [-0.39, 0.29) is 0 Å². The van der Waals surface area contributed by atoms with Gasteiger partial charge in [0.2, 0.25) is 0 Å². The molecule has 0 N–H and O–H groups in total. The maximum absolute atomic E-state index is 5.80. The summed E-state index contributed by atoms with van der Waals surface area (Å²) >= 11 is 0. The summed E-state index contributed by atoms with van der Waals surface area (Å²) in [6.45, 7) is 0. The molecule has 2 rings (SSSR count). The lowest BCUT2D eigenvalue weighted by Gasteiger charge is -2.20. The van der Waals surface area contributed by atoms with E-state index in [0.29, 0.717) is 12.2 Å². The van der Waals surface area contributed by atoms with Crippen LogP contribution >= 0.6 is 8.53 Å². The molecule has 2 fully saturated rings. The molecule has 4 heteroatoms. The van der Waals surface area contributed by atoms with Crippen molar-refractivity contribution in [1.29, 1.82) is 0 Å². The average Bonchev–Trinajstić information content (AvgIpc) is 2.46. The predicted molar refractivity (Wildman–Crippen MR) is 48.8 cm³/mol. The summed E-state index contributed by atoms with van der Waals surface area (Å²) in [5, 5.41) is 0. The number of hydrogen-bond acceptors (Lipinski definition) is 3. The standard InChI is InChI=1S/C8H16NO2P/c1-9(2)12-10-7-5-3-4-6-8(7)11-12/h7-8H,3-6H2,1-2H3. The number of hydrogen-bond donors (Lipinski definition) is 0. The minimum Gasteiger partial charge on any atom is -0.316 e. The maximum Gasteiger partial charge on any atom is 0.258 e. The minimum absolute atomic E-state index is 0.396. The Kier molecular flexibility index (Phi) is 2.66. The van der Waals surface area contributed by atoms with Crippen LogP contribution in [0.25, 0.3) is 0 Å². The van der Waals surface area contributed by atoms with Gasteiger partial charge in [-0.05, 0) is 26.9 Å². The number of rotatable bonds is 1. The number of fused-ring (bicyclic) bond motifs is 1. The molecule has 2 unspecified atom stereocenters. The van der Waals surface area contributed by atoms with Crippen LogP contribution in [-0.4, -0.2) is 31.0 Å². The minimum atomic E-state index is -0.721. The highest BCUT2D eigenvalue weighted by Crippen LogP contribution is 2.52. The van der Waals surface area contributed by atoms with Gasteiger partial charge in [-0.1, -0.05) is 12.8 Å². The molecular weight excluding hydrogens is 173 g/mol. The van der Waals surface area contributed by atoms with Crippen molar-refractivity contribution in [2.45, 2.75) is 37.9 Å². The zero-order valence-corrected chi connectivity index (χ0v) is 8.59. The smallest absolute Gasteiger partial charge is 0.258 e. The molecule has 0 bridgehead atoms. The van der Waals surface area contributed by atoms with Gasteiger partial charge in [-0.3, -0.25) is 0 Å². The predicted octanol–water partition coefficient (Wildman–Crippen LogP) is 2.13. The van der Waals surface area contributed by atoms with Crippen LogP contribution in [0.1, 0.15) is 25.7 Å². The zero-order valence-electron chi connectivity index (χ0n) is 7.69. The lowest BCUT2D eigenvalue weighted by Crippen LogP contribution is -2.25. The fourth-order valence-corrected chi connectivity index (χ4v) is 3.12. The van der Waals surface area contributed by atoms with Crippen molar-refractivity contribution in [3.05, 3.63) is 0 Å². The van der Waals surface area contributed by atoms with Crippen molar-refractivity contribution < 1.29 is 9.05 Å². The van der Waals surface area contributed by atoms with E-state index in [9.17, 15) is 0 Å². The summed E-state index contributed by atoms with van der Waals surface area (Å²) in [5.41, 5.74) is 0. The van der Waals surface area contributed by atoms with Gasteiger partial charge in [-0.25, -0.2) is 4.67 Å². The van der Waals surface area contributed by atoms with Gasteiger partial charge < -0.3 is 9.05 Å². The summed E-state index contributed by atoms with van der Waals surface area (Å²) in [6.07, 6.45) is 5.79. The molecule has 1 aliphatic carbocycles. The van der Waals surface area contributed by atoms with E-state index in [1.165, 1.54) is 25.7 Å². The van der Waals surface area contributed by atoms with Crippen LogP contribution in [0.5, 0.6) is 0 Å². The van der Waals surface area contributed by atoms with Crippen LogP contribution < -0.4 is 0 Å². The topological polar surface area (TPSA) is 21.7 Å². The van der Waals surface area contributed by atoms with Gasteiger partial charge in [0.15, 0.2) is 0 Å². The molecule has 70 valence electrons. The first kappa shape index (κ1) is 8.89. The summed E-state index contributed by atoms with van der Waals surface area (Å²) in [7, 11) is 3.31. The Labute approximate surface area is 75.0 Å². The van der Waals surface area contributed by atoms with Gasteiger partial charge in [-0.2, -0.15) is 0 Å². The van der Waals surface area contributed by atoms with Gasteiger partial charge in [0.25, 0.3) is 8.53 Å². The molecule has 0 aromatic carbocycles. The molecule has 3 nitrogen and oxygen atoms in total. The molecule has 0 spiro atoms. The lowest BCUT2D eigenvalue weighted by molar-refractivity contribution is 0.110. The fraction of sp³-hybridized carbons (Fsp3) is 1.00. The molecule has 0 radical (unpaired) electrons. The fourth-order valence-electron chi connectivity index (χ4n) is 1.75. The summed E-state index contributed by atoms with van der Waals surface area (Å²) in [6, 6.07) is 0. The third kappa shape index (κ3) is 1.64. The van der Waals surface area contributed by atoms with E-state index >= 15 is 0 Å². The summed E-state index contributed by atoms with van der Waals surface area (Å²) in [4.78, 5) is 0. The van der Waals surface area contributed by atoms with Crippen molar-refractivity contribution >= 4 is 8.53 Å². The van der Waals surface area contributed by atoms with Crippen LogP contribution in [0, 0.1) is 0 Å². The molecule has 0 amide bonds. The Morgan fingerprint density at radius 1 is 1.08 bits per heavy atom. The lowest BCUT2D eigenvalue weighted by atomic mass is 9.95. The van der Waals surface area contributed by atoms with Crippen LogP contribution in [0.2, 0.25) is 0 Å². The van der Waals surface area contributed by atoms with Crippen LogP contribution in [0.15, 0.2) is 0 Å². The van der Waals surface area contributed by atoms with Gasteiger partial charge >= 0.3 is 0 Å². The van der Waals surface area contributed by atoms with Gasteiger partial charge in [0.1, 0.15) is 0 Å². The average molecular weight is 189 g/mol. The van der Waals surface area contributed by atoms with E-state index in [4.69, 9.17) is 9.05 Å². The van der Waals surface area contributed by atoms with Crippen LogP contribution in [0.3, 0.4) is 0 Å². The Balaban J connectivity index is 1.94. The molecular formula is C8H16NO2P. The van der Waals surface area contributed by atoms with Crippen molar-refractivity contribution in [3.8, 4) is 0 Å². The van der Waals surface area contributed by atoms with Crippen molar-refractivity contribution in [3.63, 3.8) is 0 Å². The monoisotopic (exact) mass is 189 g/mol. The second kappa shape index (κ2) is 3.59. The maximum atomic E-state index is 5.80. The van der Waals surface area contributed by atoms with Gasteiger partial charge in [0, 0.05) is 0 Å². The highest BCUT2D eigenvalue weighted by molar-refractivity contribution is 7.44. The molecule has 2 aliphatic rings. The van der Waals surface area contributed by atoms with E-state index in [2.05, 4.69) is 0 Å². The molecule has 1 saturated carbocycles. The Bertz CT molecular complexity index is 151. The van der Waals surface area contributed by atoms with Gasteiger partial charge in [-0.15, -0.1) is 0 Å². The van der Waals surface area contributed by atoms with Crippen molar-refractivity contribution in [1.82, 2.24) is 4.67 Å². The van der Waals surface area contributed by atoms with E-state index in [1.807, 2.05) is 18.8 Å². The van der Waals surface area contributed by atoms with Crippen molar-refractivity contribution in [2.24, 2.45) is 0 Å². The first-order valence-corrected chi connectivity index (χ1v) is 5.71. The van der Waals surface area contributed by atoms with E-state index in [0.717, 1.165) is 0 Å². The molecule has 2 atom stereocenters. The third-order valence-corrected chi connectivity index (χ3v) is 3.98. The first-order valence-electron chi connectivity index (χ1n) is 4.58. The van der Waals surface area contributed by atoms with Gasteiger partial charge in [0.05, 0.1) is 12.2 Å². The Morgan fingerprint density at radius 3 is 2.00 bits per heavy atom. The largest absolute Gasteiger partial charge is 0.316 e. The van der Waals surface area contributed by atoms with Crippen LogP contribution in [-0.2, 0) is 9.05 Å². The summed E-state index contributed by atoms with van der Waals surface area (Å²) in [5.74, 6) is 0. The molecule has 1 saturated heterocycles. The third-order valence-electron chi connectivity index (χ3n) is 2.42.